The van der Waals surface area contributed by atoms with Gasteiger partial charge in [-0.15, -0.1) is 0 Å². The van der Waals surface area contributed by atoms with Gasteiger partial charge >= 0.3 is 5.97 Å². The minimum Gasteiger partial charge on any atom is -0.481 e. The SMILES string of the molecule is N#CC1CN(CC(O)CC(=O)O)CCO1. The fourth-order valence-corrected chi connectivity index (χ4v) is 1.51. The summed E-state index contributed by atoms with van der Waals surface area (Å²) in [4.78, 5) is 12.2. The van der Waals surface area contributed by atoms with Crippen molar-refractivity contribution in [3.63, 3.8) is 0 Å². The van der Waals surface area contributed by atoms with Crippen molar-refractivity contribution in [1.29, 1.82) is 5.26 Å². The lowest BCUT2D eigenvalue weighted by Gasteiger charge is -2.30. The van der Waals surface area contributed by atoms with E-state index in [2.05, 4.69) is 0 Å². The van der Waals surface area contributed by atoms with Gasteiger partial charge in [0, 0.05) is 19.6 Å². The van der Waals surface area contributed by atoms with Crippen LogP contribution in [0.25, 0.3) is 0 Å². The highest BCUT2D eigenvalue weighted by molar-refractivity contribution is 5.67. The van der Waals surface area contributed by atoms with Gasteiger partial charge < -0.3 is 14.9 Å². The van der Waals surface area contributed by atoms with Crippen molar-refractivity contribution < 1.29 is 19.7 Å². The predicted molar refractivity (Wildman–Crippen MR) is 50.1 cm³/mol. The number of carboxylic acid groups (broad SMARTS) is 1. The van der Waals surface area contributed by atoms with Crippen molar-refractivity contribution in [1.82, 2.24) is 4.90 Å². The molecule has 0 spiro atoms. The summed E-state index contributed by atoms with van der Waals surface area (Å²) < 4.78 is 5.12. The van der Waals surface area contributed by atoms with E-state index in [-0.39, 0.29) is 13.0 Å². The highest BCUT2D eigenvalue weighted by Crippen LogP contribution is 2.06. The number of rotatable bonds is 4. The second kappa shape index (κ2) is 5.66. The van der Waals surface area contributed by atoms with E-state index in [1.807, 2.05) is 11.0 Å². The summed E-state index contributed by atoms with van der Waals surface area (Å²) >= 11 is 0. The van der Waals surface area contributed by atoms with E-state index < -0.39 is 18.2 Å². The monoisotopic (exact) mass is 214 g/mol. The van der Waals surface area contributed by atoms with Crippen LogP contribution in [0.3, 0.4) is 0 Å². The van der Waals surface area contributed by atoms with E-state index in [1.165, 1.54) is 0 Å². The summed E-state index contributed by atoms with van der Waals surface area (Å²) in [5.74, 6) is -1.02. The lowest BCUT2D eigenvalue weighted by Crippen LogP contribution is -2.45. The molecular formula is C9H14N2O4. The number of β-amino-alcohol motifs (C(OH)–C–C–N with tert-alkyl or cyclic N) is 1. The third-order valence-electron chi connectivity index (χ3n) is 2.17. The van der Waals surface area contributed by atoms with Crippen molar-refractivity contribution >= 4 is 5.97 Å². The van der Waals surface area contributed by atoms with Crippen LogP contribution in [0.2, 0.25) is 0 Å². The van der Waals surface area contributed by atoms with Gasteiger partial charge in [0.1, 0.15) is 0 Å². The van der Waals surface area contributed by atoms with Gasteiger partial charge in [0.2, 0.25) is 0 Å². The second-order valence-corrected chi connectivity index (χ2v) is 3.50. The van der Waals surface area contributed by atoms with Crippen molar-refractivity contribution in [2.75, 3.05) is 26.2 Å². The van der Waals surface area contributed by atoms with Gasteiger partial charge in [-0.2, -0.15) is 5.26 Å². The Morgan fingerprint density at radius 3 is 3.07 bits per heavy atom. The van der Waals surface area contributed by atoms with Crippen molar-refractivity contribution in [3.05, 3.63) is 0 Å². The molecule has 0 aromatic heterocycles. The number of nitrogens with zero attached hydrogens (tertiary/aromatic N) is 2. The second-order valence-electron chi connectivity index (χ2n) is 3.50. The maximum absolute atomic E-state index is 10.3. The highest BCUT2D eigenvalue weighted by atomic mass is 16.5. The molecule has 0 aromatic rings. The Kier molecular flexibility index (Phi) is 4.49. The van der Waals surface area contributed by atoms with Gasteiger partial charge in [-0.05, 0) is 0 Å². The molecule has 0 amide bonds. The predicted octanol–water partition coefficient (Wildman–Crippen LogP) is -0.954. The molecule has 0 saturated carbocycles. The molecule has 1 aliphatic heterocycles. The number of morpholine rings is 1. The zero-order chi connectivity index (χ0) is 11.3. The first-order valence-electron chi connectivity index (χ1n) is 4.75. The topological polar surface area (TPSA) is 93.8 Å². The number of carboxylic acids is 1. The maximum atomic E-state index is 10.3. The lowest BCUT2D eigenvalue weighted by atomic mass is 10.2. The van der Waals surface area contributed by atoms with E-state index in [9.17, 15) is 9.90 Å². The first kappa shape index (κ1) is 11.9. The Balaban J connectivity index is 2.31. The molecular weight excluding hydrogens is 200 g/mol. The number of aliphatic carboxylic acids is 1. The van der Waals surface area contributed by atoms with Crippen molar-refractivity contribution in [2.24, 2.45) is 0 Å². The maximum Gasteiger partial charge on any atom is 0.306 e. The molecule has 0 aromatic carbocycles. The normalized spacial score (nSPS) is 24.4. The Morgan fingerprint density at radius 1 is 1.73 bits per heavy atom. The van der Waals surface area contributed by atoms with E-state index in [0.717, 1.165) is 0 Å². The summed E-state index contributed by atoms with van der Waals surface area (Å²) in [6, 6.07) is 1.99. The summed E-state index contributed by atoms with van der Waals surface area (Å²) in [6.45, 7) is 1.76. The van der Waals surface area contributed by atoms with Crippen LogP contribution in [-0.2, 0) is 9.53 Å². The van der Waals surface area contributed by atoms with Crippen LogP contribution in [0.5, 0.6) is 0 Å². The van der Waals surface area contributed by atoms with Gasteiger partial charge in [0.25, 0.3) is 0 Å². The Labute approximate surface area is 87.7 Å². The molecule has 0 bridgehead atoms. The summed E-state index contributed by atoms with van der Waals surface area (Å²) in [5, 5.41) is 26.5. The molecule has 6 heteroatoms. The van der Waals surface area contributed by atoms with E-state index >= 15 is 0 Å². The fourth-order valence-electron chi connectivity index (χ4n) is 1.51. The molecule has 2 N–H and O–H groups in total. The van der Waals surface area contributed by atoms with E-state index in [1.54, 1.807) is 0 Å². The van der Waals surface area contributed by atoms with Crippen LogP contribution in [-0.4, -0.2) is 59.5 Å². The molecule has 1 aliphatic rings. The van der Waals surface area contributed by atoms with Gasteiger partial charge in [-0.25, -0.2) is 0 Å². The number of carbonyl (C=O) groups is 1. The Morgan fingerprint density at radius 2 is 2.47 bits per heavy atom. The number of aliphatic hydroxyl groups excluding tert-OH is 1. The molecule has 2 atom stereocenters. The standard InChI is InChI=1S/C9H14N2O4/c10-4-8-6-11(1-2-15-8)5-7(12)3-9(13)14/h7-8,12H,1-3,5-6H2,(H,13,14). The minimum atomic E-state index is -1.02. The van der Waals surface area contributed by atoms with Gasteiger partial charge in [-0.1, -0.05) is 0 Å². The number of hydrogen-bond acceptors (Lipinski definition) is 5. The van der Waals surface area contributed by atoms with Crippen LogP contribution in [0, 0.1) is 11.3 Å². The molecule has 0 aliphatic carbocycles. The van der Waals surface area contributed by atoms with Crippen molar-refractivity contribution in [3.8, 4) is 6.07 Å². The molecule has 1 rings (SSSR count). The third-order valence-corrected chi connectivity index (χ3v) is 2.17. The van der Waals surface area contributed by atoms with Crippen LogP contribution < -0.4 is 0 Å². The molecule has 0 radical (unpaired) electrons. The molecule has 15 heavy (non-hydrogen) atoms. The van der Waals surface area contributed by atoms with E-state index in [4.69, 9.17) is 15.1 Å². The molecule has 2 unspecified atom stereocenters. The van der Waals surface area contributed by atoms with Crippen LogP contribution in [0.1, 0.15) is 6.42 Å². The number of aliphatic hydroxyl groups is 1. The smallest absolute Gasteiger partial charge is 0.306 e. The summed E-state index contributed by atoms with van der Waals surface area (Å²) in [7, 11) is 0. The molecule has 1 heterocycles. The highest BCUT2D eigenvalue weighted by Gasteiger charge is 2.22. The van der Waals surface area contributed by atoms with Crippen LogP contribution in [0.4, 0.5) is 0 Å². The zero-order valence-corrected chi connectivity index (χ0v) is 8.30. The number of nitriles is 1. The Hall–Kier alpha value is -1.16. The largest absolute Gasteiger partial charge is 0.481 e. The first-order chi connectivity index (χ1) is 7.11. The molecule has 84 valence electrons. The Bertz CT molecular complexity index is 263. The molecule has 1 saturated heterocycles. The molecule has 6 nitrogen and oxygen atoms in total. The average Bonchev–Trinajstić information content (AvgIpc) is 2.16. The molecule has 1 fully saturated rings. The number of ether oxygens (including phenoxy) is 1. The summed E-state index contributed by atoms with van der Waals surface area (Å²) in [5.41, 5.74) is 0. The van der Waals surface area contributed by atoms with Crippen LogP contribution >= 0.6 is 0 Å². The van der Waals surface area contributed by atoms with Crippen LogP contribution in [0.15, 0.2) is 0 Å². The zero-order valence-electron chi connectivity index (χ0n) is 8.30. The van der Waals surface area contributed by atoms with Gasteiger partial charge in [0.15, 0.2) is 6.10 Å². The fraction of sp³-hybridized carbons (Fsp3) is 0.778. The minimum absolute atomic E-state index is 0.269. The summed E-state index contributed by atoms with van der Waals surface area (Å²) in [6.07, 6.45) is -1.63. The average molecular weight is 214 g/mol. The first-order valence-corrected chi connectivity index (χ1v) is 4.75. The van der Waals surface area contributed by atoms with Crippen molar-refractivity contribution in [2.45, 2.75) is 18.6 Å². The van der Waals surface area contributed by atoms with E-state index in [0.29, 0.717) is 19.7 Å². The third kappa shape index (κ3) is 4.25. The van der Waals surface area contributed by atoms with Gasteiger partial charge in [0.05, 0.1) is 25.2 Å². The lowest BCUT2D eigenvalue weighted by molar-refractivity contribution is -0.139. The number of hydrogen-bond donors (Lipinski definition) is 2. The van der Waals surface area contributed by atoms with Gasteiger partial charge in [-0.3, -0.25) is 9.69 Å². The quantitative estimate of drug-likeness (QED) is 0.626.